The summed E-state index contributed by atoms with van der Waals surface area (Å²) in [6.07, 6.45) is -5.03. The van der Waals surface area contributed by atoms with Gasteiger partial charge in [0.1, 0.15) is 11.6 Å². The van der Waals surface area contributed by atoms with Crippen LogP contribution in [0.3, 0.4) is 0 Å². The Balaban J connectivity index is 1.48. The Morgan fingerprint density at radius 2 is 1.70 bits per heavy atom. The van der Waals surface area contributed by atoms with Crippen molar-refractivity contribution in [1.29, 1.82) is 0 Å². The van der Waals surface area contributed by atoms with Crippen molar-refractivity contribution in [3.05, 3.63) is 70.6 Å². The lowest BCUT2D eigenvalue weighted by molar-refractivity contribution is -0.141. The number of H-pyrrole nitrogens is 2. The topological polar surface area (TPSA) is 138 Å². The second-order valence-electron chi connectivity index (χ2n) is 6.92. The normalized spacial score (nSPS) is 12.1. The first-order valence-electron chi connectivity index (χ1n) is 9.28. The fourth-order valence-electron chi connectivity index (χ4n) is 2.97. The number of aromatic amines is 2. The first-order chi connectivity index (χ1) is 15.5. The van der Waals surface area contributed by atoms with Crippen molar-refractivity contribution in [2.75, 3.05) is 11.1 Å². The molecule has 1 amide bonds. The lowest BCUT2D eigenvalue weighted by atomic mass is 10.2. The molecular formula is C20H14F3N5O4S. The summed E-state index contributed by atoms with van der Waals surface area (Å²) in [7, 11) is -4.64. The number of hydrogen-bond donors (Lipinski definition) is 3. The van der Waals surface area contributed by atoms with Crippen molar-refractivity contribution in [1.82, 2.24) is 19.9 Å². The second kappa shape index (κ2) is 8.16. The lowest BCUT2D eigenvalue weighted by Crippen LogP contribution is -2.27. The number of aromatic nitrogens is 4. The predicted molar refractivity (Wildman–Crippen MR) is 112 cm³/mol. The predicted octanol–water partition coefficient (Wildman–Crippen LogP) is 2.74. The second-order valence-corrected chi connectivity index (χ2v) is 8.83. The van der Waals surface area contributed by atoms with E-state index in [1.54, 1.807) is 17.1 Å². The van der Waals surface area contributed by atoms with Gasteiger partial charge in [-0.2, -0.15) is 13.2 Å². The number of nitrogens with zero attached hydrogens (tertiary/aromatic N) is 2. The molecule has 0 spiro atoms. The number of nitrogens with one attached hydrogen (secondary N) is 3. The molecular weight excluding hydrogens is 463 g/mol. The van der Waals surface area contributed by atoms with E-state index in [4.69, 9.17) is 0 Å². The Bertz CT molecular complexity index is 1480. The fourth-order valence-corrected chi connectivity index (χ4v) is 4.01. The van der Waals surface area contributed by atoms with Gasteiger partial charge in [-0.1, -0.05) is 12.1 Å². The van der Waals surface area contributed by atoms with Gasteiger partial charge in [-0.05, 0) is 36.4 Å². The van der Waals surface area contributed by atoms with Gasteiger partial charge in [0.05, 0.1) is 11.0 Å². The molecule has 0 saturated carbocycles. The van der Waals surface area contributed by atoms with Crippen LogP contribution in [0.4, 0.5) is 18.9 Å². The number of halogens is 3. The van der Waals surface area contributed by atoms with E-state index >= 15 is 0 Å². The van der Waals surface area contributed by atoms with Crippen molar-refractivity contribution in [2.24, 2.45) is 0 Å². The molecule has 13 heteroatoms. The quantitative estimate of drug-likeness (QED) is 0.378. The first-order valence-corrected chi connectivity index (χ1v) is 10.9. The molecule has 3 N–H and O–H groups in total. The Hall–Kier alpha value is -4.00. The largest absolute Gasteiger partial charge is 0.433 e. The van der Waals surface area contributed by atoms with E-state index in [0.717, 1.165) is 11.0 Å². The Morgan fingerprint density at radius 3 is 2.36 bits per heavy atom. The number of anilines is 1. The number of imidazole rings is 1. The molecule has 2 aromatic heterocycles. The summed E-state index contributed by atoms with van der Waals surface area (Å²) in [4.78, 5) is 35.9. The zero-order valence-electron chi connectivity index (χ0n) is 16.5. The van der Waals surface area contributed by atoms with Gasteiger partial charge in [0.15, 0.2) is 5.69 Å². The standard InChI is InChI=1S/C20H14F3N5O4S/c21-20(22,23)15-9-16(29)28-19(27-15)33(31,32)10-17(30)24-12-7-5-11(6-8-12)18-25-13-3-1-2-4-14(13)26-18/h1-9H,10H2,(H,24,30)(H,25,26)(H,27,28,29). The number of para-hydroxylation sites is 2. The smallest absolute Gasteiger partial charge is 0.338 e. The minimum Gasteiger partial charge on any atom is -0.338 e. The number of carbonyl (C=O) groups is 1. The van der Waals surface area contributed by atoms with Gasteiger partial charge in [0.25, 0.3) is 5.56 Å². The molecule has 0 atom stereocenters. The van der Waals surface area contributed by atoms with Crippen LogP contribution in [0.2, 0.25) is 0 Å². The SMILES string of the molecule is O=C(CS(=O)(=O)c1nc(C(F)(F)F)cc(=O)[nH]1)Nc1ccc(-c2nc3ccccc3[nH]2)cc1. The number of hydrogen-bond acceptors (Lipinski definition) is 6. The highest BCUT2D eigenvalue weighted by Crippen LogP contribution is 2.27. The van der Waals surface area contributed by atoms with Crippen molar-refractivity contribution >= 4 is 32.5 Å². The third-order valence-electron chi connectivity index (χ3n) is 4.46. The van der Waals surface area contributed by atoms with Crippen LogP contribution < -0.4 is 10.9 Å². The van der Waals surface area contributed by atoms with Crippen LogP contribution in [0.1, 0.15) is 5.69 Å². The van der Waals surface area contributed by atoms with Crippen molar-refractivity contribution < 1.29 is 26.4 Å². The van der Waals surface area contributed by atoms with Crippen molar-refractivity contribution in [3.63, 3.8) is 0 Å². The minimum absolute atomic E-state index is 0.128. The maximum atomic E-state index is 12.8. The molecule has 9 nitrogen and oxygen atoms in total. The molecule has 0 fully saturated rings. The molecule has 0 unspecified atom stereocenters. The zero-order chi connectivity index (χ0) is 23.8. The van der Waals surface area contributed by atoms with Crippen LogP contribution in [-0.2, 0) is 20.8 Å². The Kier molecular flexibility index (Phi) is 5.49. The minimum atomic E-state index is -5.03. The average molecular weight is 477 g/mol. The Morgan fingerprint density at radius 1 is 1.00 bits per heavy atom. The van der Waals surface area contributed by atoms with Crippen LogP contribution >= 0.6 is 0 Å². The van der Waals surface area contributed by atoms with E-state index in [1.807, 2.05) is 24.3 Å². The molecule has 4 rings (SSSR count). The molecule has 0 aliphatic carbocycles. The van der Waals surface area contributed by atoms with Gasteiger partial charge in [-0.15, -0.1) is 0 Å². The van der Waals surface area contributed by atoms with Gasteiger partial charge < -0.3 is 10.3 Å². The van der Waals surface area contributed by atoms with E-state index in [0.29, 0.717) is 11.4 Å². The number of amides is 1. The maximum absolute atomic E-state index is 12.8. The van der Waals surface area contributed by atoms with Crippen LogP contribution in [0.15, 0.2) is 64.5 Å². The molecule has 4 aromatic rings. The fraction of sp³-hybridized carbons (Fsp3) is 0.100. The summed E-state index contributed by atoms with van der Waals surface area (Å²) in [6, 6.07) is 13.9. The summed E-state index contributed by atoms with van der Waals surface area (Å²) in [5.41, 5.74) is -0.403. The maximum Gasteiger partial charge on any atom is 0.433 e. The first kappa shape index (κ1) is 22.2. The van der Waals surface area contributed by atoms with Crippen molar-refractivity contribution in [3.8, 4) is 11.4 Å². The molecule has 0 bridgehead atoms. The van der Waals surface area contributed by atoms with Crippen LogP contribution in [0, 0.1) is 0 Å². The summed E-state index contributed by atoms with van der Waals surface area (Å²) < 4.78 is 63.0. The van der Waals surface area contributed by atoms with Gasteiger partial charge in [-0.25, -0.2) is 18.4 Å². The lowest BCUT2D eigenvalue weighted by Gasteiger charge is -2.09. The number of benzene rings is 2. The highest BCUT2D eigenvalue weighted by atomic mass is 32.2. The Labute approximate surface area is 183 Å². The molecule has 2 aromatic carbocycles. The zero-order valence-corrected chi connectivity index (χ0v) is 17.3. The van der Waals surface area contributed by atoms with E-state index in [2.05, 4.69) is 20.3 Å². The van der Waals surface area contributed by atoms with E-state index in [1.165, 1.54) is 12.1 Å². The van der Waals surface area contributed by atoms with E-state index in [9.17, 15) is 31.2 Å². The summed E-state index contributed by atoms with van der Waals surface area (Å²) in [5.74, 6) is -1.65. The van der Waals surface area contributed by atoms with Crippen LogP contribution in [0.5, 0.6) is 0 Å². The highest BCUT2D eigenvalue weighted by molar-refractivity contribution is 7.92. The average Bonchev–Trinajstić information content (AvgIpc) is 3.17. The van der Waals surface area contributed by atoms with E-state index in [-0.39, 0.29) is 11.8 Å². The molecule has 170 valence electrons. The molecule has 0 radical (unpaired) electrons. The summed E-state index contributed by atoms with van der Waals surface area (Å²) in [6.45, 7) is 0. The third-order valence-corrected chi connectivity index (χ3v) is 5.88. The van der Waals surface area contributed by atoms with Crippen LogP contribution in [0.25, 0.3) is 22.4 Å². The molecule has 33 heavy (non-hydrogen) atoms. The van der Waals surface area contributed by atoms with E-state index < -0.39 is 44.1 Å². The van der Waals surface area contributed by atoms with Gasteiger partial charge >= 0.3 is 6.18 Å². The summed E-state index contributed by atoms with van der Waals surface area (Å²) >= 11 is 0. The number of sulfone groups is 1. The monoisotopic (exact) mass is 477 g/mol. The summed E-state index contributed by atoms with van der Waals surface area (Å²) in [5, 5.41) is 1.10. The van der Waals surface area contributed by atoms with Gasteiger partial charge in [-0.3, -0.25) is 14.6 Å². The molecule has 0 aliphatic rings. The van der Waals surface area contributed by atoms with Crippen molar-refractivity contribution in [2.45, 2.75) is 11.3 Å². The molecule has 0 aliphatic heterocycles. The highest BCUT2D eigenvalue weighted by Gasteiger charge is 2.35. The van der Waals surface area contributed by atoms with Gasteiger partial charge in [0, 0.05) is 17.3 Å². The van der Waals surface area contributed by atoms with Crippen LogP contribution in [-0.4, -0.2) is 40.0 Å². The number of carbonyl (C=O) groups excluding carboxylic acids is 1. The molecule has 0 saturated heterocycles. The van der Waals surface area contributed by atoms with Gasteiger partial charge in [0.2, 0.25) is 20.9 Å². The third kappa shape index (κ3) is 4.92. The number of fused-ring (bicyclic) bond motifs is 1. The molecule has 2 heterocycles. The number of rotatable bonds is 5. The number of alkyl halides is 3.